The Morgan fingerprint density at radius 3 is 1.63 bits per heavy atom. The summed E-state index contributed by atoms with van der Waals surface area (Å²) in [5, 5.41) is 25.2. The molecule has 0 aromatic carbocycles. The molecule has 0 bridgehead atoms. The van der Waals surface area contributed by atoms with Crippen LogP contribution in [0.3, 0.4) is 0 Å². The van der Waals surface area contributed by atoms with E-state index in [1.807, 2.05) is 0 Å². The van der Waals surface area contributed by atoms with Crippen molar-refractivity contribution in [3.63, 3.8) is 0 Å². The maximum Gasteiger partial charge on any atom is 0.326 e. The highest BCUT2D eigenvalue weighted by Crippen LogP contribution is 2.08. The lowest BCUT2D eigenvalue weighted by Gasteiger charge is -2.27. The van der Waals surface area contributed by atoms with Crippen LogP contribution in [-0.4, -0.2) is 75.9 Å². The molecule has 0 heterocycles. The fourth-order valence-corrected chi connectivity index (χ4v) is 2.84. The predicted octanol–water partition coefficient (Wildman–Crippen LogP) is -3.10. The maximum atomic E-state index is 12.8. The first kappa shape index (κ1) is 31.2. The second kappa shape index (κ2) is 15.2. The van der Waals surface area contributed by atoms with Crippen molar-refractivity contribution in [3.05, 3.63) is 0 Å². The van der Waals surface area contributed by atoms with Gasteiger partial charge in [-0.15, -0.1) is 0 Å². The molecule has 15 heteroatoms. The predicted molar refractivity (Wildman–Crippen MR) is 120 cm³/mol. The van der Waals surface area contributed by atoms with Crippen LogP contribution in [0, 0.1) is 5.92 Å². The second-order valence-corrected chi connectivity index (χ2v) is 8.24. The van der Waals surface area contributed by atoms with E-state index in [0.717, 1.165) is 0 Å². The Bertz CT molecular complexity index is 817. The molecule has 0 fully saturated rings. The summed E-state index contributed by atoms with van der Waals surface area (Å²) in [5.41, 5.74) is 15.7. The topological polar surface area (TPSA) is 274 Å². The van der Waals surface area contributed by atoms with Crippen LogP contribution < -0.4 is 33.2 Å². The summed E-state index contributed by atoms with van der Waals surface area (Å²) in [4.78, 5) is 82.1. The zero-order valence-corrected chi connectivity index (χ0v) is 19.6. The normalized spacial score (nSPS) is 14.2. The van der Waals surface area contributed by atoms with Crippen LogP contribution in [0.4, 0.5) is 0 Å². The van der Waals surface area contributed by atoms with Crippen molar-refractivity contribution < 1.29 is 43.8 Å². The van der Waals surface area contributed by atoms with Crippen LogP contribution in [-0.2, 0) is 33.6 Å². The lowest BCUT2D eigenvalue weighted by molar-refractivity contribution is -0.143. The van der Waals surface area contributed by atoms with Gasteiger partial charge in [0.2, 0.25) is 29.5 Å². The average Bonchev–Trinajstić information content (AvgIpc) is 2.74. The van der Waals surface area contributed by atoms with Gasteiger partial charge in [0.1, 0.15) is 18.1 Å². The minimum Gasteiger partial charge on any atom is -0.481 e. The van der Waals surface area contributed by atoms with Crippen LogP contribution in [0.2, 0.25) is 0 Å². The number of primary amides is 2. The van der Waals surface area contributed by atoms with Crippen molar-refractivity contribution in [1.29, 1.82) is 0 Å². The van der Waals surface area contributed by atoms with Gasteiger partial charge in [-0.2, -0.15) is 0 Å². The van der Waals surface area contributed by atoms with E-state index in [9.17, 15) is 38.7 Å². The largest absolute Gasteiger partial charge is 0.481 e. The molecule has 0 aliphatic heterocycles. The number of aliphatic carboxylic acids is 2. The van der Waals surface area contributed by atoms with Crippen LogP contribution >= 0.6 is 0 Å². The first-order chi connectivity index (χ1) is 16.1. The SMILES string of the molecule is CC(C)C(NC(=O)C(CCC(=O)O)NC(=O)C(N)CCC(N)=O)C(=O)NC(CCC(N)=O)C(=O)O. The summed E-state index contributed by atoms with van der Waals surface area (Å²) in [6.45, 7) is 3.13. The Kier molecular flexibility index (Phi) is 13.6. The Labute approximate surface area is 201 Å². The molecule has 0 saturated heterocycles. The van der Waals surface area contributed by atoms with Gasteiger partial charge in [0.05, 0.1) is 6.04 Å². The average molecular weight is 503 g/mol. The zero-order valence-electron chi connectivity index (χ0n) is 19.6. The van der Waals surface area contributed by atoms with Gasteiger partial charge in [-0.1, -0.05) is 13.8 Å². The number of carbonyl (C=O) groups excluding carboxylic acids is 5. The van der Waals surface area contributed by atoms with E-state index in [2.05, 4.69) is 16.0 Å². The molecule has 35 heavy (non-hydrogen) atoms. The summed E-state index contributed by atoms with van der Waals surface area (Å²) in [6, 6.07) is -5.30. The van der Waals surface area contributed by atoms with Crippen molar-refractivity contribution >= 4 is 41.5 Å². The molecule has 0 aromatic heterocycles. The number of carboxylic acid groups (broad SMARTS) is 2. The highest BCUT2D eigenvalue weighted by molar-refractivity contribution is 5.94. The van der Waals surface area contributed by atoms with E-state index in [4.69, 9.17) is 22.3 Å². The molecule has 0 rings (SSSR count). The van der Waals surface area contributed by atoms with Gasteiger partial charge in [-0.25, -0.2) is 4.79 Å². The first-order valence-electron chi connectivity index (χ1n) is 10.8. The molecule has 4 unspecified atom stereocenters. The molecule has 0 aliphatic carbocycles. The minimum absolute atomic E-state index is 0.104. The Morgan fingerprint density at radius 1 is 0.686 bits per heavy atom. The van der Waals surface area contributed by atoms with E-state index < -0.39 is 78.0 Å². The van der Waals surface area contributed by atoms with Crippen molar-refractivity contribution in [2.75, 3.05) is 0 Å². The highest BCUT2D eigenvalue weighted by atomic mass is 16.4. The summed E-state index contributed by atoms with van der Waals surface area (Å²) in [6.07, 6.45) is -1.69. The number of amides is 5. The summed E-state index contributed by atoms with van der Waals surface area (Å²) >= 11 is 0. The zero-order chi connectivity index (χ0) is 27.3. The van der Waals surface area contributed by atoms with Crippen LogP contribution in [0.1, 0.15) is 52.4 Å². The summed E-state index contributed by atoms with van der Waals surface area (Å²) in [7, 11) is 0. The Morgan fingerprint density at radius 2 is 1.17 bits per heavy atom. The third-order valence-corrected chi connectivity index (χ3v) is 4.86. The standard InChI is InChI=1S/C20H34N6O9/c1-9(2)16(19(33)25-12(20(34)35)4-7-14(23)28)26-18(32)11(5-8-15(29)30)24-17(31)10(21)3-6-13(22)27/h9-12,16H,3-8,21H2,1-2H3,(H2,22,27)(H2,23,28)(H,24,31)(H,25,33)(H,26,32)(H,29,30)(H,34,35). The molecule has 198 valence electrons. The molecule has 15 nitrogen and oxygen atoms in total. The van der Waals surface area contributed by atoms with Gasteiger partial charge < -0.3 is 43.4 Å². The Hall–Kier alpha value is -3.75. The molecule has 0 spiro atoms. The minimum atomic E-state index is -1.45. The van der Waals surface area contributed by atoms with Crippen LogP contribution in [0.15, 0.2) is 0 Å². The van der Waals surface area contributed by atoms with Crippen molar-refractivity contribution in [2.24, 2.45) is 23.1 Å². The summed E-state index contributed by atoms with van der Waals surface area (Å²) in [5.74, 6) is -7.25. The van der Waals surface area contributed by atoms with Crippen molar-refractivity contribution in [2.45, 2.75) is 76.5 Å². The van der Waals surface area contributed by atoms with Gasteiger partial charge >= 0.3 is 11.9 Å². The molecule has 4 atom stereocenters. The van der Waals surface area contributed by atoms with Crippen LogP contribution in [0.25, 0.3) is 0 Å². The molecule has 0 aliphatic rings. The number of carboxylic acids is 2. The number of nitrogens with two attached hydrogens (primary N) is 3. The molecule has 0 aromatic rings. The van der Waals surface area contributed by atoms with Gasteiger partial charge in [-0.05, 0) is 25.2 Å². The van der Waals surface area contributed by atoms with E-state index in [1.165, 1.54) is 0 Å². The molecular weight excluding hydrogens is 468 g/mol. The van der Waals surface area contributed by atoms with E-state index in [0.29, 0.717) is 0 Å². The molecule has 0 saturated carbocycles. The number of hydrogen-bond donors (Lipinski definition) is 8. The lowest BCUT2D eigenvalue weighted by Crippen LogP contribution is -2.58. The molecule has 0 radical (unpaired) electrons. The maximum absolute atomic E-state index is 12.8. The lowest BCUT2D eigenvalue weighted by atomic mass is 10.0. The fourth-order valence-electron chi connectivity index (χ4n) is 2.84. The van der Waals surface area contributed by atoms with Crippen molar-refractivity contribution in [3.8, 4) is 0 Å². The third kappa shape index (κ3) is 12.9. The highest BCUT2D eigenvalue weighted by Gasteiger charge is 2.32. The van der Waals surface area contributed by atoms with Gasteiger partial charge in [0.25, 0.3) is 0 Å². The summed E-state index contributed by atoms with van der Waals surface area (Å²) < 4.78 is 0. The smallest absolute Gasteiger partial charge is 0.326 e. The van der Waals surface area contributed by atoms with Gasteiger partial charge in [0, 0.05) is 19.3 Å². The number of rotatable bonds is 17. The van der Waals surface area contributed by atoms with Gasteiger partial charge in [0.15, 0.2) is 0 Å². The number of nitrogens with one attached hydrogen (secondary N) is 3. The van der Waals surface area contributed by atoms with E-state index >= 15 is 0 Å². The Balaban J connectivity index is 5.47. The van der Waals surface area contributed by atoms with Gasteiger partial charge in [-0.3, -0.25) is 28.8 Å². The molecule has 5 amide bonds. The molecular formula is C20H34N6O9. The van der Waals surface area contributed by atoms with Crippen LogP contribution in [0.5, 0.6) is 0 Å². The quantitative estimate of drug-likeness (QED) is 0.0991. The number of carbonyl (C=O) groups is 7. The fraction of sp³-hybridized carbons (Fsp3) is 0.650. The van der Waals surface area contributed by atoms with E-state index in [-0.39, 0.29) is 32.1 Å². The monoisotopic (exact) mass is 502 g/mol. The first-order valence-corrected chi connectivity index (χ1v) is 10.8. The second-order valence-electron chi connectivity index (χ2n) is 8.24. The van der Waals surface area contributed by atoms with Crippen molar-refractivity contribution in [1.82, 2.24) is 16.0 Å². The molecule has 11 N–H and O–H groups in total. The third-order valence-electron chi connectivity index (χ3n) is 4.86. The van der Waals surface area contributed by atoms with E-state index in [1.54, 1.807) is 13.8 Å². The number of hydrogen-bond acceptors (Lipinski definition) is 8.